The minimum Gasteiger partial charge on any atom is -0.384 e. The van der Waals surface area contributed by atoms with Crippen molar-refractivity contribution < 1.29 is 9.13 Å². The average molecular weight is 202 g/mol. The molecule has 2 heteroatoms. The molecule has 14 heavy (non-hydrogen) atoms. The molecule has 0 bridgehead atoms. The molecule has 1 saturated carbocycles. The monoisotopic (exact) mass is 202 g/mol. The Labute approximate surface area is 87.0 Å². The number of ether oxygens (including phenoxy) is 1. The molecule has 0 radical (unpaired) electrons. The summed E-state index contributed by atoms with van der Waals surface area (Å²) in [6.07, 6.45) is 2.37. The summed E-state index contributed by atoms with van der Waals surface area (Å²) in [5.41, 5.74) is 0.137. The normalized spacial score (nSPS) is 34.3. The standard InChI is InChI=1S/C12H23FO/c1-9(2)11(13)7-12(8-14-4)6-5-10(12)3/h9-11H,5-8H2,1-4H3/t10?,11-,12+/m0/s1. The second kappa shape index (κ2) is 4.61. The number of hydrogen-bond acceptors (Lipinski definition) is 1. The van der Waals surface area contributed by atoms with Crippen molar-refractivity contribution in [2.24, 2.45) is 17.3 Å². The predicted octanol–water partition coefficient (Wildman–Crippen LogP) is 3.43. The molecular formula is C12H23FO. The van der Waals surface area contributed by atoms with E-state index in [2.05, 4.69) is 6.92 Å². The van der Waals surface area contributed by atoms with Gasteiger partial charge in [0.05, 0.1) is 6.61 Å². The van der Waals surface area contributed by atoms with Crippen LogP contribution in [0.15, 0.2) is 0 Å². The maximum atomic E-state index is 13.7. The first kappa shape index (κ1) is 12.0. The van der Waals surface area contributed by atoms with Crippen molar-refractivity contribution in [2.45, 2.75) is 46.2 Å². The van der Waals surface area contributed by atoms with E-state index in [9.17, 15) is 4.39 Å². The summed E-state index contributed by atoms with van der Waals surface area (Å²) in [4.78, 5) is 0. The van der Waals surface area contributed by atoms with Gasteiger partial charge < -0.3 is 4.74 Å². The lowest BCUT2D eigenvalue weighted by atomic mass is 9.58. The van der Waals surface area contributed by atoms with Crippen LogP contribution in [0.1, 0.15) is 40.0 Å². The molecule has 84 valence electrons. The van der Waals surface area contributed by atoms with Crippen molar-refractivity contribution in [3.05, 3.63) is 0 Å². The van der Waals surface area contributed by atoms with Gasteiger partial charge in [0.1, 0.15) is 6.17 Å². The Morgan fingerprint density at radius 2 is 2.14 bits per heavy atom. The fourth-order valence-electron chi connectivity index (χ4n) is 2.33. The molecule has 0 spiro atoms. The highest BCUT2D eigenvalue weighted by atomic mass is 19.1. The van der Waals surface area contributed by atoms with Gasteiger partial charge in [-0.25, -0.2) is 4.39 Å². The average Bonchev–Trinajstić information content (AvgIpc) is 2.14. The molecule has 3 atom stereocenters. The van der Waals surface area contributed by atoms with E-state index in [1.807, 2.05) is 13.8 Å². The predicted molar refractivity (Wildman–Crippen MR) is 57.1 cm³/mol. The molecule has 0 N–H and O–H groups in total. The Kier molecular flexibility index (Phi) is 3.94. The maximum absolute atomic E-state index is 13.7. The zero-order valence-corrected chi connectivity index (χ0v) is 9.85. The van der Waals surface area contributed by atoms with Crippen LogP contribution in [0.5, 0.6) is 0 Å². The molecule has 0 aliphatic heterocycles. The molecule has 0 aromatic rings. The van der Waals surface area contributed by atoms with Crippen LogP contribution in [0.25, 0.3) is 0 Å². The van der Waals surface area contributed by atoms with Gasteiger partial charge in [0.15, 0.2) is 0 Å². The second-order valence-corrected chi connectivity index (χ2v) is 5.20. The fourth-order valence-corrected chi connectivity index (χ4v) is 2.33. The first-order valence-corrected chi connectivity index (χ1v) is 5.65. The summed E-state index contributed by atoms with van der Waals surface area (Å²) < 4.78 is 18.9. The van der Waals surface area contributed by atoms with Crippen LogP contribution in [0.4, 0.5) is 4.39 Å². The summed E-state index contributed by atoms with van der Waals surface area (Å²) in [7, 11) is 1.72. The zero-order valence-electron chi connectivity index (χ0n) is 9.85. The number of alkyl halides is 1. The quantitative estimate of drug-likeness (QED) is 0.663. The van der Waals surface area contributed by atoms with E-state index in [1.54, 1.807) is 7.11 Å². The van der Waals surface area contributed by atoms with Gasteiger partial charge in [-0.15, -0.1) is 0 Å². The first-order chi connectivity index (χ1) is 6.52. The van der Waals surface area contributed by atoms with Crippen LogP contribution in [-0.4, -0.2) is 19.9 Å². The van der Waals surface area contributed by atoms with Gasteiger partial charge in [0.2, 0.25) is 0 Å². The van der Waals surface area contributed by atoms with Crippen molar-refractivity contribution in [3.63, 3.8) is 0 Å². The Morgan fingerprint density at radius 3 is 2.43 bits per heavy atom. The Balaban J connectivity index is 2.52. The van der Waals surface area contributed by atoms with Gasteiger partial charge in [0, 0.05) is 7.11 Å². The summed E-state index contributed by atoms with van der Waals surface area (Å²) in [6, 6.07) is 0. The lowest BCUT2D eigenvalue weighted by Gasteiger charge is -2.49. The molecule has 1 unspecified atom stereocenters. The van der Waals surface area contributed by atoms with Gasteiger partial charge in [0.25, 0.3) is 0 Å². The third kappa shape index (κ3) is 2.28. The van der Waals surface area contributed by atoms with E-state index in [4.69, 9.17) is 4.74 Å². The highest BCUT2D eigenvalue weighted by Crippen LogP contribution is 2.50. The third-order valence-electron chi connectivity index (χ3n) is 3.88. The lowest BCUT2D eigenvalue weighted by molar-refractivity contribution is -0.0611. The Bertz CT molecular complexity index is 181. The van der Waals surface area contributed by atoms with Crippen LogP contribution in [0, 0.1) is 17.3 Å². The van der Waals surface area contributed by atoms with E-state index in [1.165, 1.54) is 6.42 Å². The SMILES string of the molecule is COC[C@]1(C[C@H](F)C(C)C)CCC1C. The van der Waals surface area contributed by atoms with Crippen LogP contribution >= 0.6 is 0 Å². The van der Waals surface area contributed by atoms with E-state index in [0.29, 0.717) is 12.3 Å². The number of rotatable bonds is 5. The lowest BCUT2D eigenvalue weighted by Crippen LogP contribution is -2.44. The smallest absolute Gasteiger partial charge is 0.103 e. The molecule has 1 fully saturated rings. The summed E-state index contributed by atoms with van der Waals surface area (Å²) in [6.45, 7) is 6.85. The molecule has 0 saturated heterocycles. The Morgan fingerprint density at radius 1 is 1.50 bits per heavy atom. The van der Waals surface area contributed by atoms with Crippen LogP contribution in [-0.2, 0) is 4.74 Å². The molecule has 1 aliphatic rings. The minimum atomic E-state index is -0.673. The molecule has 0 aromatic heterocycles. The largest absolute Gasteiger partial charge is 0.384 e. The fraction of sp³-hybridized carbons (Fsp3) is 1.00. The van der Waals surface area contributed by atoms with E-state index in [0.717, 1.165) is 13.0 Å². The van der Waals surface area contributed by atoms with Crippen molar-refractivity contribution in [2.75, 3.05) is 13.7 Å². The van der Waals surface area contributed by atoms with Gasteiger partial charge in [-0.1, -0.05) is 20.8 Å². The van der Waals surface area contributed by atoms with Crippen molar-refractivity contribution >= 4 is 0 Å². The van der Waals surface area contributed by atoms with E-state index in [-0.39, 0.29) is 11.3 Å². The molecule has 1 rings (SSSR count). The summed E-state index contributed by atoms with van der Waals surface area (Å²) >= 11 is 0. The van der Waals surface area contributed by atoms with Crippen molar-refractivity contribution in [1.29, 1.82) is 0 Å². The second-order valence-electron chi connectivity index (χ2n) is 5.20. The molecule has 0 amide bonds. The molecule has 0 heterocycles. The third-order valence-corrected chi connectivity index (χ3v) is 3.88. The number of methoxy groups -OCH3 is 1. The summed E-state index contributed by atoms with van der Waals surface area (Å²) in [5, 5.41) is 0. The zero-order chi connectivity index (χ0) is 10.8. The number of hydrogen-bond donors (Lipinski definition) is 0. The van der Waals surface area contributed by atoms with Crippen LogP contribution in [0.2, 0.25) is 0 Å². The molecule has 0 aromatic carbocycles. The van der Waals surface area contributed by atoms with Gasteiger partial charge in [-0.2, -0.15) is 0 Å². The van der Waals surface area contributed by atoms with Gasteiger partial charge >= 0.3 is 0 Å². The highest BCUT2D eigenvalue weighted by molar-refractivity contribution is 4.95. The van der Waals surface area contributed by atoms with E-state index >= 15 is 0 Å². The number of halogens is 1. The van der Waals surface area contributed by atoms with Crippen molar-refractivity contribution in [1.82, 2.24) is 0 Å². The maximum Gasteiger partial charge on any atom is 0.103 e. The molecule has 1 aliphatic carbocycles. The van der Waals surface area contributed by atoms with Gasteiger partial charge in [-0.05, 0) is 36.5 Å². The topological polar surface area (TPSA) is 9.23 Å². The van der Waals surface area contributed by atoms with E-state index < -0.39 is 6.17 Å². The van der Waals surface area contributed by atoms with Gasteiger partial charge in [-0.3, -0.25) is 0 Å². The van der Waals surface area contributed by atoms with Crippen LogP contribution < -0.4 is 0 Å². The molecule has 1 nitrogen and oxygen atoms in total. The Hall–Kier alpha value is -0.110. The van der Waals surface area contributed by atoms with Crippen LogP contribution in [0.3, 0.4) is 0 Å². The molecular weight excluding hydrogens is 179 g/mol. The highest BCUT2D eigenvalue weighted by Gasteiger charge is 2.45. The minimum absolute atomic E-state index is 0.136. The van der Waals surface area contributed by atoms with Crippen molar-refractivity contribution in [3.8, 4) is 0 Å². The first-order valence-electron chi connectivity index (χ1n) is 5.65. The summed E-state index contributed by atoms with van der Waals surface area (Å²) in [5.74, 6) is 0.760.